The van der Waals surface area contributed by atoms with Crippen LogP contribution in [0, 0.1) is 35.0 Å². The van der Waals surface area contributed by atoms with Gasteiger partial charge in [-0.2, -0.15) is 0 Å². The molecule has 7 nitrogen and oxygen atoms in total. The Balaban J connectivity index is 0.915. The summed E-state index contributed by atoms with van der Waals surface area (Å²) < 4.78 is 13.0. The van der Waals surface area contributed by atoms with Gasteiger partial charge in [0.15, 0.2) is 0 Å². The minimum absolute atomic E-state index is 0.00376. The molecule has 2 aliphatic heterocycles. The highest BCUT2D eigenvalue weighted by Gasteiger charge is 2.60. The molecule has 2 saturated heterocycles. The van der Waals surface area contributed by atoms with Gasteiger partial charge in [0.05, 0.1) is 11.7 Å². The van der Waals surface area contributed by atoms with E-state index in [4.69, 9.17) is 9.47 Å². The molecule has 4 fully saturated rings. The van der Waals surface area contributed by atoms with E-state index >= 15 is 0 Å². The third-order valence-corrected chi connectivity index (χ3v) is 13.3. The van der Waals surface area contributed by atoms with Crippen molar-refractivity contribution in [2.24, 2.45) is 35.0 Å². The van der Waals surface area contributed by atoms with Crippen LogP contribution >= 0.6 is 0 Å². The number of benzene rings is 1. The number of hydrogen-bond donors (Lipinski definition) is 3. The summed E-state index contributed by atoms with van der Waals surface area (Å²) in [7, 11) is 0. The maximum Gasteiger partial charge on any atom is 0.407 e. The molecule has 2 heterocycles. The third-order valence-electron chi connectivity index (χ3n) is 13.3. The molecule has 0 aromatic heterocycles. The summed E-state index contributed by atoms with van der Waals surface area (Å²) in [5.41, 5.74) is 6.03. The van der Waals surface area contributed by atoms with E-state index in [-0.39, 0.29) is 29.1 Å². The number of alkyl carbamates (subject to hydrolysis) is 1. The maximum atomic E-state index is 12.7. The van der Waals surface area contributed by atoms with Crippen molar-refractivity contribution < 1.29 is 19.1 Å². The molecule has 6 aliphatic rings. The van der Waals surface area contributed by atoms with Crippen LogP contribution in [0.15, 0.2) is 53.1 Å². The van der Waals surface area contributed by atoms with Crippen LogP contribution in [-0.2, 0) is 20.7 Å². The number of hydrogen-bond acceptors (Lipinski definition) is 5. The van der Waals surface area contributed by atoms with Crippen LogP contribution in [0.2, 0.25) is 0 Å². The molecule has 4 aliphatic carbocycles. The summed E-state index contributed by atoms with van der Waals surface area (Å²) in [6, 6.07) is 10.5. The van der Waals surface area contributed by atoms with Crippen LogP contribution in [0.25, 0.3) is 0 Å². The van der Waals surface area contributed by atoms with Crippen molar-refractivity contribution >= 4 is 12.0 Å². The Morgan fingerprint density at radius 2 is 1.87 bits per heavy atom. The predicted molar refractivity (Wildman–Crippen MR) is 180 cm³/mol. The lowest BCUT2D eigenvalue weighted by molar-refractivity contribution is -0.121. The maximum absolute atomic E-state index is 12.7. The van der Waals surface area contributed by atoms with Crippen LogP contribution in [0.4, 0.5) is 4.79 Å². The average molecular weight is 630 g/mol. The van der Waals surface area contributed by atoms with Gasteiger partial charge in [-0.25, -0.2) is 4.79 Å². The minimum Gasteiger partial charge on any atom is -0.446 e. The van der Waals surface area contributed by atoms with E-state index in [0.29, 0.717) is 61.7 Å². The summed E-state index contributed by atoms with van der Waals surface area (Å²) in [6.45, 7) is 11.6. The quantitative estimate of drug-likeness (QED) is 0.237. The topological polar surface area (TPSA) is 88.7 Å². The minimum atomic E-state index is -0.380. The Hall–Kier alpha value is -2.64. The number of fused-ring (bicyclic) bond motifs is 6. The molecule has 2 saturated carbocycles. The number of allylic oxidation sites excluding steroid dienone is 2. The number of amides is 2. The molecule has 7 rings (SSSR count). The van der Waals surface area contributed by atoms with E-state index in [1.54, 1.807) is 11.1 Å². The zero-order chi connectivity index (χ0) is 32.1. The van der Waals surface area contributed by atoms with E-state index in [0.717, 1.165) is 50.1 Å². The number of ether oxygens (including phenoxy) is 2. The number of nitrogens with one attached hydrogen (secondary N) is 3. The van der Waals surface area contributed by atoms with Crippen LogP contribution < -0.4 is 16.0 Å². The van der Waals surface area contributed by atoms with Crippen molar-refractivity contribution in [3.8, 4) is 0 Å². The average Bonchev–Trinajstić information content (AvgIpc) is 3.57. The van der Waals surface area contributed by atoms with E-state index < -0.39 is 0 Å². The molecule has 7 heteroatoms. The molecule has 0 radical (unpaired) electrons. The van der Waals surface area contributed by atoms with Gasteiger partial charge in [0.2, 0.25) is 5.91 Å². The number of carbonyl (C=O) groups is 2. The van der Waals surface area contributed by atoms with Gasteiger partial charge in [0, 0.05) is 37.9 Å². The smallest absolute Gasteiger partial charge is 0.407 e. The molecule has 10 atom stereocenters. The lowest BCUT2D eigenvalue weighted by Crippen LogP contribution is -2.49. The van der Waals surface area contributed by atoms with Gasteiger partial charge in [-0.3, -0.25) is 4.79 Å². The monoisotopic (exact) mass is 629 g/mol. The Kier molecular flexibility index (Phi) is 8.86. The van der Waals surface area contributed by atoms with E-state index in [2.05, 4.69) is 49.7 Å². The number of aryl methyl sites for hydroxylation is 1. The standard InChI is InChI=1S/C39H55N3O4/c1-24-20-34-36(42-23-24)26(3)39(46-34)17-15-30-31-12-11-28-21-29(14-16-38(28,4)33(31)22-32(30)25(39)2)45-37(44)41-19-18-40-35(43)13-10-27-8-6-5-7-9-27/h5-9,11,24,26,29-31,33-34,36,42H,10,12-23H2,1-4H3,(H,40,43)(H,41,44)/t24-,26+,29-,30-,31-,33-,34+,36-,38-,39-/m0/s1. The highest BCUT2D eigenvalue weighted by Crippen LogP contribution is 2.65. The van der Waals surface area contributed by atoms with Crippen LogP contribution in [-0.4, -0.2) is 55.5 Å². The Morgan fingerprint density at radius 1 is 1.07 bits per heavy atom. The first kappa shape index (κ1) is 31.9. The fraction of sp³-hybridized carbons (Fsp3) is 0.692. The highest BCUT2D eigenvalue weighted by atomic mass is 16.6. The van der Waals surface area contributed by atoms with Crippen LogP contribution in [0.3, 0.4) is 0 Å². The fourth-order valence-electron chi connectivity index (χ4n) is 10.7. The molecular weight excluding hydrogens is 574 g/mol. The van der Waals surface area contributed by atoms with E-state index in [1.165, 1.54) is 24.8 Å². The summed E-state index contributed by atoms with van der Waals surface area (Å²) in [6.07, 6.45) is 12.3. The molecule has 0 unspecified atom stereocenters. The fourth-order valence-corrected chi connectivity index (χ4v) is 10.7. The molecule has 0 bridgehead atoms. The lowest BCUT2D eigenvalue weighted by Gasteiger charge is -2.49. The molecule has 250 valence electrons. The number of carbonyl (C=O) groups excluding carboxylic acids is 2. The molecule has 2 amide bonds. The Labute approximate surface area is 275 Å². The van der Waals surface area contributed by atoms with Gasteiger partial charge >= 0.3 is 6.09 Å². The van der Waals surface area contributed by atoms with Gasteiger partial charge in [-0.05, 0) is 105 Å². The van der Waals surface area contributed by atoms with Crippen LogP contribution in [0.1, 0.15) is 91.0 Å². The van der Waals surface area contributed by atoms with Gasteiger partial charge < -0.3 is 25.4 Å². The number of piperidine rings is 1. The number of rotatable bonds is 7. The van der Waals surface area contributed by atoms with Crippen molar-refractivity contribution in [3.05, 3.63) is 58.7 Å². The molecule has 1 aromatic carbocycles. The summed E-state index contributed by atoms with van der Waals surface area (Å²) in [5.74, 6) is 3.26. The first-order valence-corrected chi connectivity index (χ1v) is 18.2. The van der Waals surface area contributed by atoms with Crippen molar-refractivity contribution in [2.75, 3.05) is 19.6 Å². The first-order chi connectivity index (χ1) is 22.2. The van der Waals surface area contributed by atoms with Crippen molar-refractivity contribution in [3.63, 3.8) is 0 Å². The highest BCUT2D eigenvalue weighted by molar-refractivity contribution is 5.76. The Morgan fingerprint density at radius 3 is 2.70 bits per heavy atom. The van der Waals surface area contributed by atoms with Gasteiger partial charge in [0.1, 0.15) is 6.10 Å². The largest absolute Gasteiger partial charge is 0.446 e. The second-order valence-electron chi connectivity index (χ2n) is 15.8. The lowest BCUT2D eigenvalue weighted by atomic mass is 9.56. The normalized spacial score (nSPS) is 39.5. The summed E-state index contributed by atoms with van der Waals surface area (Å²) >= 11 is 0. The van der Waals surface area contributed by atoms with Crippen molar-refractivity contribution in [1.82, 2.24) is 16.0 Å². The molecule has 1 spiro atoms. The second-order valence-corrected chi connectivity index (χ2v) is 15.8. The summed E-state index contributed by atoms with van der Waals surface area (Å²) in [5, 5.41) is 9.60. The second kappa shape index (κ2) is 12.8. The van der Waals surface area contributed by atoms with Gasteiger partial charge in [0.25, 0.3) is 0 Å². The van der Waals surface area contributed by atoms with Gasteiger partial charge in [-0.15, -0.1) is 0 Å². The molecule has 1 aromatic rings. The zero-order valence-electron chi connectivity index (χ0n) is 28.4. The Bertz CT molecular complexity index is 1370. The van der Waals surface area contributed by atoms with Gasteiger partial charge in [-0.1, -0.05) is 68.3 Å². The molecule has 46 heavy (non-hydrogen) atoms. The van der Waals surface area contributed by atoms with Crippen LogP contribution in [0.5, 0.6) is 0 Å². The first-order valence-electron chi connectivity index (χ1n) is 18.2. The van der Waals surface area contributed by atoms with Crippen molar-refractivity contribution in [2.45, 2.75) is 116 Å². The van der Waals surface area contributed by atoms with Crippen molar-refractivity contribution in [1.29, 1.82) is 0 Å². The summed E-state index contributed by atoms with van der Waals surface area (Å²) in [4.78, 5) is 24.9. The molecular formula is C39H55N3O4. The van der Waals surface area contributed by atoms with E-state index in [1.807, 2.05) is 30.3 Å². The SMILES string of the molecule is CC1=C2C[C@H]3[C@@H](CC=C4C[C@@H](OC(=O)NCCNC(=O)CCc5ccccc5)CC[C@@]43C)[C@@H]2CC[C@]12O[C@@H]1C[C@H](C)CN[C@H]1[C@H]2C. The third kappa shape index (κ3) is 5.74. The van der Waals surface area contributed by atoms with E-state index in [9.17, 15) is 9.59 Å². The predicted octanol–water partition coefficient (Wildman–Crippen LogP) is 6.48. The zero-order valence-corrected chi connectivity index (χ0v) is 28.4. The molecule has 3 N–H and O–H groups in total.